The van der Waals surface area contributed by atoms with Gasteiger partial charge in [0.2, 0.25) is 0 Å². The molecule has 7 heteroatoms. The average molecular weight is 499 g/mol. The first kappa shape index (κ1) is 24.7. The van der Waals surface area contributed by atoms with Crippen LogP contribution in [0.1, 0.15) is 23.1 Å². The van der Waals surface area contributed by atoms with E-state index in [2.05, 4.69) is 10.1 Å². The van der Waals surface area contributed by atoms with Gasteiger partial charge >= 0.3 is 0 Å². The van der Waals surface area contributed by atoms with Crippen molar-refractivity contribution >= 4 is 28.9 Å². The van der Waals surface area contributed by atoms with Gasteiger partial charge in [0.15, 0.2) is 0 Å². The van der Waals surface area contributed by atoms with Crippen LogP contribution in [0.15, 0.2) is 84.0 Å². The minimum atomic E-state index is -0.638. The second-order valence-corrected chi connectivity index (χ2v) is 9.33. The summed E-state index contributed by atoms with van der Waals surface area (Å²) in [6.45, 7) is 2.40. The summed E-state index contributed by atoms with van der Waals surface area (Å²) in [5, 5.41) is 16.4. The van der Waals surface area contributed by atoms with Crippen molar-refractivity contribution in [2.75, 3.05) is 19.7 Å². The molecule has 0 fully saturated rings. The highest BCUT2D eigenvalue weighted by atomic mass is 35.5. The summed E-state index contributed by atoms with van der Waals surface area (Å²) in [6.07, 6.45) is -0.0582. The first-order valence-corrected chi connectivity index (χ1v) is 12.1. The molecule has 1 aliphatic rings. The normalized spacial score (nSPS) is 16.4. The molecule has 178 valence electrons. The highest BCUT2D eigenvalue weighted by molar-refractivity contribution is 6.31. The molecule has 0 saturated carbocycles. The number of nitrogens with zero attached hydrogens (tertiary/aromatic N) is 2. The summed E-state index contributed by atoms with van der Waals surface area (Å²) in [7, 11) is 0. The third kappa shape index (κ3) is 7.55. The van der Waals surface area contributed by atoms with Crippen molar-refractivity contribution in [3.8, 4) is 0 Å². The zero-order valence-corrected chi connectivity index (χ0v) is 20.3. The Labute approximate surface area is 210 Å². The van der Waals surface area contributed by atoms with E-state index < -0.39 is 6.10 Å². The highest BCUT2D eigenvalue weighted by Crippen LogP contribution is 2.21. The molecular weight excluding hydrogens is 471 g/mol. The van der Waals surface area contributed by atoms with Gasteiger partial charge in [-0.05, 0) is 41.0 Å². The molecule has 0 amide bonds. The van der Waals surface area contributed by atoms with Crippen molar-refractivity contribution in [3.63, 3.8) is 0 Å². The minimum Gasteiger partial charge on any atom is -0.390 e. The SMILES string of the molecule is O[C@@H](COCc1ccccc1)CN(Cc1cccc(Cl)c1)C[C@H]1CC(c2ccc(Cl)cc2)=NO1. The Morgan fingerprint density at radius 3 is 2.50 bits per heavy atom. The van der Waals surface area contributed by atoms with Crippen molar-refractivity contribution in [2.24, 2.45) is 5.16 Å². The first-order valence-electron chi connectivity index (χ1n) is 11.3. The maximum atomic E-state index is 10.7. The molecule has 0 spiro atoms. The molecule has 1 heterocycles. The van der Waals surface area contributed by atoms with Crippen LogP contribution in [0, 0.1) is 0 Å². The van der Waals surface area contributed by atoms with Gasteiger partial charge in [0.05, 0.1) is 25.0 Å². The Morgan fingerprint density at radius 1 is 0.971 bits per heavy atom. The number of hydrogen-bond acceptors (Lipinski definition) is 5. The Kier molecular flexibility index (Phi) is 8.97. The highest BCUT2D eigenvalue weighted by Gasteiger charge is 2.26. The van der Waals surface area contributed by atoms with Crippen molar-refractivity contribution in [1.82, 2.24) is 4.90 Å². The Balaban J connectivity index is 1.34. The van der Waals surface area contributed by atoms with E-state index in [1.54, 1.807) is 0 Å². The minimum absolute atomic E-state index is 0.109. The molecule has 0 aliphatic carbocycles. The zero-order chi connectivity index (χ0) is 23.8. The quantitative estimate of drug-likeness (QED) is 0.375. The fraction of sp³-hybridized carbons (Fsp3) is 0.296. The van der Waals surface area contributed by atoms with Crippen molar-refractivity contribution in [1.29, 1.82) is 0 Å². The number of aliphatic hydroxyl groups excluding tert-OH is 1. The molecule has 0 bridgehead atoms. The van der Waals surface area contributed by atoms with E-state index in [0.29, 0.717) is 42.7 Å². The largest absolute Gasteiger partial charge is 0.390 e. The molecule has 1 N–H and O–H groups in total. The van der Waals surface area contributed by atoms with Crippen LogP contribution in [0.25, 0.3) is 0 Å². The van der Waals surface area contributed by atoms with Crippen molar-refractivity contribution in [2.45, 2.75) is 31.8 Å². The van der Waals surface area contributed by atoms with Gasteiger partial charge in [-0.2, -0.15) is 0 Å². The molecule has 5 nitrogen and oxygen atoms in total. The first-order chi connectivity index (χ1) is 16.5. The third-order valence-corrected chi connectivity index (χ3v) is 6.05. The van der Waals surface area contributed by atoms with Crippen LogP contribution >= 0.6 is 23.2 Å². The number of halogens is 2. The predicted octanol–water partition coefficient (Wildman–Crippen LogP) is 5.57. The third-order valence-electron chi connectivity index (χ3n) is 5.56. The molecule has 3 aromatic rings. The fourth-order valence-corrected chi connectivity index (χ4v) is 4.30. The molecule has 3 aromatic carbocycles. The molecular formula is C27H28Cl2N2O3. The maximum Gasteiger partial charge on any atom is 0.145 e. The van der Waals surface area contributed by atoms with Gasteiger partial charge in [-0.15, -0.1) is 0 Å². The maximum absolute atomic E-state index is 10.7. The second-order valence-electron chi connectivity index (χ2n) is 8.45. The fourth-order valence-electron chi connectivity index (χ4n) is 3.96. The Hall–Kier alpha value is -2.41. The van der Waals surface area contributed by atoms with Gasteiger partial charge in [0, 0.05) is 36.1 Å². The summed E-state index contributed by atoms with van der Waals surface area (Å²) < 4.78 is 5.74. The number of hydrogen-bond donors (Lipinski definition) is 1. The summed E-state index contributed by atoms with van der Waals surface area (Å²) >= 11 is 12.2. The lowest BCUT2D eigenvalue weighted by atomic mass is 10.0. The van der Waals surface area contributed by atoms with Crippen LogP contribution in [0.3, 0.4) is 0 Å². The predicted molar refractivity (Wildman–Crippen MR) is 136 cm³/mol. The molecule has 4 rings (SSSR count). The number of ether oxygens (including phenoxy) is 1. The van der Waals surface area contributed by atoms with Crippen LogP contribution in [-0.2, 0) is 22.7 Å². The van der Waals surface area contributed by atoms with E-state index in [9.17, 15) is 5.11 Å². The summed E-state index contributed by atoms with van der Waals surface area (Å²) in [5.74, 6) is 0. The average Bonchev–Trinajstić information content (AvgIpc) is 3.28. The van der Waals surface area contributed by atoms with E-state index in [0.717, 1.165) is 22.4 Å². The number of oxime groups is 1. The van der Waals surface area contributed by atoms with Gasteiger partial charge < -0.3 is 14.7 Å². The van der Waals surface area contributed by atoms with Crippen molar-refractivity contribution in [3.05, 3.63) is 106 Å². The Morgan fingerprint density at radius 2 is 1.74 bits per heavy atom. The molecule has 0 unspecified atom stereocenters. The second kappa shape index (κ2) is 12.3. The molecule has 0 saturated heterocycles. The van der Waals surface area contributed by atoms with Crippen LogP contribution in [0.4, 0.5) is 0 Å². The van der Waals surface area contributed by atoms with Crippen LogP contribution in [-0.4, -0.2) is 47.6 Å². The topological polar surface area (TPSA) is 54.3 Å². The van der Waals surface area contributed by atoms with E-state index >= 15 is 0 Å². The summed E-state index contributed by atoms with van der Waals surface area (Å²) in [6, 6.07) is 25.3. The zero-order valence-electron chi connectivity index (χ0n) is 18.8. The monoisotopic (exact) mass is 498 g/mol. The standard InChI is InChI=1S/C27H28Cl2N2O3/c28-23-11-9-22(10-12-23)27-14-26(34-30-27)17-31(15-21-7-4-8-24(29)13-21)16-25(32)19-33-18-20-5-2-1-3-6-20/h1-13,25-26,32H,14-19H2/t25-,26-/m1/s1. The van der Waals surface area contributed by atoms with E-state index in [1.807, 2.05) is 78.9 Å². The molecule has 0 radical (unpaired) electrons. The molecule has 2 atom stereocenters. The number of aliphatic hydroxyl groups is 1. The van der Waals surface area contributed by atoms with Crippen LogP contribution < -0.4 is 0 Å². The number of rotatable bonds is 11. The van der Waals surface area contributed by atoms with E-state index in [-0.39, 0.29) is 12.7 Å². The lowest BCUT2D eigenvalue weighted by Crippen LogP contribution is -2.39. The lowest BCUT2D eigenvalue weighted by molar-refractivity contribution is -0.00648. The van der Waals surface area contributed by atoms with Gasteiger partial charge in [0.25, 0.3) is 0 Å². The molecule has 0 aromatic heterocycles. The summed E-state index contributed by atoms with van der Waals surface area (Å²) in [4.78, 5) is 7.90. The Bertz CT molecular complexity index is 1080. The van der Waals surface area contributed by atoms with Gasteiger partial charge in [0.1, 0.15) is 6.10 Å². The molecule has 34 heavy (non-hydrogen) atoms. The summed E-state index contributed by atoms with van der Waals surface area (Å²) in [5.41, 5.74) is 4.05. The van der Waals surface area contributed by atoms with Crippen LogP contribution in [0.2, 0.25) is 10.0 Å². The smallest absolute Gasteiger partial charge is 0.145 e. The van der Waals surface area contributed by atoms with Gasteiger partial charge in [-0.3, -0.25) is 4.90 Å². The van der Waals surface area contributed by atoms with Crippen LogP contribution in [0.5, 0.6) is 0 Å². The van der Waals surface area contributed by atoms with Crippen molar-refractivity contribution < 1.29 is 14.7 Å². The van der Waals surface area contributed by atoms with E-state index in [4.69, 9.17) is 32.8 Å². The lowest BCUT2D eigenvalue weighted by Gasteiger charge is -2.27. The number of benzene rings is 3. The molecule has 1 aliphatic heterocycles. The van der Waals surface area contributed by atoms with Gasteiger partial charge in [-0.1, -0.05) is 83.0 Å². The van der Waals surface area contributed by atoms with E-state index in [1.165, 1.54) is 0 Å². The van der Waals surface area contributed by atoms with Gasteiger partial charge in [-0.25, -0.2) is 0 Å².